The van der Waals surface area contributed by atoms with Crippen LogP contribution in [0, 0.1) is 0 Å². The van der Waals surface area contributed by atoms with E-state index in [0.29, 0.717) is 17.1 Å². The van der Waals surface area contributed by atoms with Gasteiger partial charge in [0.1, 0.15) is 17.1 Å². The van der Waals surface area contributed by atoms with E-state index >= 15 is 0 Å². The number of hydrogen-bond donors (Lipinski definition) is 1. The van der Waals surface area contributed by atoms with Crippen molar-refractivity contribution < 1.29 is 27.5 Å². The summed E-state index contributed by atoms with van der Waals surface area (Å²) in [6.07, 6.45) is 0.127. The molecule has 166 valence electrons. The molecule has 0 unspecified atom stereocenters. The molecule has 0 radical (unpaired) electrons. The molecular formula is C22H19F3N4O3. The van der Waals surface area contributed by atoms with Gasteiger partial charge in [0.15, 0.2) is 0 Å². The average Bonchev–Trinajstić information content (AvgIpc) is 3.22. The summed E-state index contributed by atoms with van der Waals surface area (Å²) in [6.45, 7) is 2.11. The molecule has 0 saturated heterocycles. The molecule has 1 aliphatic rings. The highest BCUT2D eigenvalue weighted by Gasteiger charge is 2.35. The Labute approximate surface area is 181 Å². The van der Waals surface area contributed by atoms with E-state index < -0.39 is 23.6 Å². The van der Waals surface area contributed by atoms with Crippen LogP contribution in [-0.4, -0.2) is 35.0 Å². The van der Waals surface area contributed by atoms with Crippen LogP contribution in [0.3, 0.4) is 0 Å². The first-order valence-corrected chi connectivity index (χ1v) is 9.70. The minimum atomic E-state index is -4.47. The number of benzene rings is 1. The predicted molar refractivity (Wildman–Crippen MR) is 111 cm³/mol. The first-order chi connectivity index (χ1) is 15.2. The van der Waals surface area contributed by atoms with E-state index in [1.165, 1.54) is 42.6 Å². The molecule has 1 aliphatic heterocycles. The maximum atomic E-state index is 13.3. The third-order valence-corrected chi connectivity index (χ3v) is 5.28. The van der Waals surface area contributed by atoms with Gasteiger partial charge in [-0.15, -0.1) is 0 Å². The van der Waals surface area contributed by atoms with Crippen molar-refractivity contribution in [3.05, 3.63) is 71.8 Å². The number of aromatic nitrogens is 2. The molecular weight excluding hydrogens is 425 g/mol. The zero-order chi connectivity index (χ0) is 23.0. The smallest absolute Gasteiger partial charge is 0.416 e. The van der Waals surface area contributed by atoms with Crippen LogP contribution in [0.15, 0.2) is 55.0 Å². The number of carbonyl (C=O) groups is 2. The molecule has 0 saturated carbocycles. The Balaban J connectivity index is 1.65. The number of fused-ring (bicyclic) bond motifs is 1. The number of methoxy groups -OCH3 is 1. The molecule has 4 rings (SSSR count). The second kappa shape index (κ2) is 8.03. The van der Waals surface area contributed by atoms with Crippen LogP contribution < -0.4 is 15.0 Å². The van der Waals surface area contributed by atoms with E-state index in [1.807, 2.05) is 6.92 Å². The summed E-state index contributed by atoms with van der Waals surface area (Å²) in [4.78, 5) is 31.6. The highest BCUT2D eigenvalue weighted by atomic mass is 19.4. The van der Waals surface area contributed by atoms with Gasteiger partial charge in [0.2, 0.25) is 0 Å². The Morgan fingerprint density at radius 2 is 1.91 bits per heavy atom. The van der Waals surface area contributed by atoms with Gasteiger partial charge in [0.05, 0.1) is 24.4 Å². The minimum Gasteiger partial charge on any atom is -0.494 e. The summed E-state index contributed by atoms with van der Waals surface area (Å²) >= 11 is 0. The fourth-order valence-corrected chi connectivity index (χ4v) is 3.68. The van der Waals surface area contributed by atoms with Crippen molar-refractivity contribution in [3.63, 3.8) is 0 Å². The number of carbonyl (C=O) groups excluding carboxylic acids is 2. The standard InChI is InChI=1S/C22H19F3N4O3/c1-13-12-29(15-5-3-14(4-6-15)22(23,24)25)21(31)19-16(8-10-28(13)19)20(30)27-17-11-26-9-7-18(17)32-2/h3-11,13H,12H2,1-2H3,(H,27,30)/t13-/m0/s1. The minimum absolute atomic E-state index is 0.143. The van der Waals surface area contributed by atoms with E-state index in [4.69, 9.17) is 4.74 Å². The van der Waals surface area contributed by atoms with E-state index in [9.17, 15) is 22.8 Å². The number of hydrogen-bond acceptors (Lipinski definition) is 4. The van der Waals surface area contributed by atoms with Crippen molar-refractivity contribution in [3.8, 4) is 5.75 Å². The summed E-state index contributed by atoms with van der Waals surface area (Å²) < 4.78 is 45.6. The lowest BCUT2D eigenvalue weighted by Gasteiger charge is -2.33. The van der Waals surface area contributed by atoms with Crippen LogP contribution >= 0.6 is 0 Å². The van der Waals surface area contributed by atoms with Crippen LogP contribution in [0.1, 0.15) is 39.4 Å². The summed E-state index contributed by atoms with van der Waals surface area (Å²) in [7, 11) is 1.46. The Bertz CT molecular complexity index is 1170. The van der Waals surface area contributed by atoms with E-state index in [1.54, 1.807) is 16.8 Å². The number of rotatable bonds is 4. The third kappa shape index (κ3) is 3.79. The van der Waals surface area contributed by atoms with Gasteiger partial charge in [-0.1, -0.05) is 0 Å². The lowest BCUT2D eigenvalue weighted by atomic mass is 10.1. The lowest BCUT2D eigenvalue weighted by Crippen LogP contribution is -2.43. The Morgan fingerprint density at radius 1 is 1.19 bits per heavy atom. The van der Waals surface area contributed by atoms with E-state index in [0.717, 1.165) is 12.1 Å². The average molecular weight is 444 g/mol. The van der Waals surface area contributed by atoms with Gasteiger partial charge in [0.25, 0.3) is 11.8 Å². The highest BCUT2D eigenvalue weighted by Crippen LogP contribution is 2.33. The molecule has 0 fully saturated rings. The normalized spacial score (nSPS) is 16.0. The quantitative estimate of drug-likeness (QED) is 0.648. The monoisotopic (exact) mass is 444 g/mol. The Hall–Kier alpha value is -3.82. The number of halogens is 3. The maximum absolute atomic E-state index is 13.3. The van der Waals surface area contributed by atoms with Crippen LogP contribution in [0.2, 0.25) is 0 Å². The molecule has 0 spiro atoms. The first kappa shape index (κ1) is 21.4. The molecule has 0 aliphatic carbocycles. The fraction of sp³-hybridized carbons (Fsp3) is 0.227. The Morgan fingerprint density at radius 3 is 2.56 bits per heavy atom. The van der Waals surface area contributed by atoms with Crippen LogP contribution in [0.4, 0.5) is 24.5 Å². The zero-order valence-electron chi connectivity index (χ0n) is 17.2. The van der Waals surface area contributed by atoms with Gasteiger partial charge in [-0.25, -0.2) is 0 Å². The Kier molecular flexibility index (Phi) is 5.37. The SMILES string of the molecule is COc1ccncc1NC(=O)c1ccn2c1C(=O)N(c1ccc(C(F)(F)F)cc1)C[C@@H]2C. The number of amides is 2. The van der Waals surface area contributed by atoms with Gasteiger partial charge in [-0.05, 0) is 37.3 Å². The van der Waals surface area contributed by atoms with Gasteiger partial charge in [-0.2, -0.15) is 13.2 Å². The highest BCUT2D eigenvalue weighted by molar-refractivity contribution is 6.16. The summed E-state index contributed by atoms with van der Waals surface area (Å²) in [5.41, 5.74) is 0.166. The van der Waals surface area contributed by atoms with Gasteiger partial charge in [0, 0.05) is 36.7 Å². The topological polar surface area (TPSA) is 76.5 Å². The molecule has 2 aromatic heterocycles. The maximum Gasteiger partial charge on any atom is 0.416 e. The van der Waals surface area contributed by atoms with Gasteiger partial charge >= 0.3 is 6.18 Å². The summed E-state index contributed by atoms with van der Waals surface area (Å²) in [6, 6.07) is 7.31. The fourth-order valence-electron chi connectivity index (χ4n) is 3.68. The van der Waals surface area contributed by atoms with Crippen LogP contribution in [0.25, 0.3) is 0 Å². The number of pyridine rings is 1. The molecule has 32 heavy (non-hydrogen) atoms. The van der Waals surface area contributed by atoms with Crippen LogP contribution in [-0.2, 0) is 6.18 Å². The second-order valence-corrected chi connectivity index (χ2v) is 7.32. The van der Waals surface area contributed by atoms with Gasteiger partial charge in [-0.3, -0.25) is 14.6 Å². The second-order valence-electron chi connectivity index (χ2n) is 7.32. The molecule has 0 bridgehead atoms. The lowest BCUT2D eigenvalue weighted by molar-refractivity contribution is -0.137. The predicted octanol–water partition coefficient (Wildman–Crippen LogP) is 4.38. The van der Waals surface area contributed by atoms with E-state index in [-0.39, 0.29) is 23.8 Å². The van der Waals surface area contributed by atoms with Gasteiger partial charge < -0.3 is 19.5 Å². The molecule has 1 N–H and O–H groups in total. The molecule has 7 nitrogen and oxygen atoms in total. The third-order valence-electron chi connectivity index (χ3n) is 5.28. The molecule has 3 heterocycles. The number of nitrogens with zero attached hydrogens (tertiary/aromatic N) is 3. The van der Waals surface area contributed by atoms with Crippen molar-refractivity contribution in [2.45, 2.75) is 19.1 Å². The zero-order valence-corrected chi connectivity index (χ0v) is 17.2. The van der Waals surface area contributed by atoms with Crippen molar-refractivity contribution in [2.24, 2.45) is 0 Å². The van der Waals surface area contributed by atoms with Crippen molar-refractivity contribution in [1.29, 1.82) is 0 Å². The number of alkyl halides is 3. The molecule has 2 amide bonds. The van der Waals surface area contributed by atoms with Crippen molar-refractivity contribution in [1.82, 2.24) is 9.55 Å². The van der Waals surface area contributed by atoms with Crippen LogP contribution in [0.5, 0.6) is 5.75 Å². The first-order valence-electron chi connectivity index (χ1n) is 9.70. The molecule has 1 atom stereocenters. The van der Waals surface area contributed by atoms with Crippen molar-refractivity contribution in [2.75, 3.05) is 23.9 Å². The molecule has 1 aromatic carbocycles. The van der Waals surface area contributed by atoms with E-state index in [2.05, 4.69) is 10.3 Å². The summed E-state index contributed by atoms with van der Waals surface area (Å²) in [5.74, 6) is -0.594. The molecule has 3 aromatic rings. The largest absolute Gasteiger partial charge is 0.494 e. The van der Waals surface area contributed by atoms with Crippen molar-refractivity contribution >= 4 is 23.2 Å². The summed E-state index contributed by atoms with van der Waals surface area (Å²) in [5, 5.41) is 2.69. The number of nitrogens with one attached hydrogen (secondary N) is 1. The number of ether oxygens (including phenoxy) is 1. The number of anilines is 2. The molecule has 10 heteroatoms.